The summed E-state index contributed by atoms with van der Waals surface area (Å²) < 4.78 is 0. The van der Waals surface area contributed by atoms with Gasteiger partial charge in [-0.15, -0.1) is 0 Å². The molecule has 0 unspecified atom stereocenters. The minimum absolute atomic E-state index is 0.174. The van der Waals surface area contributed by atoms with Crippen molar-refractivity contribution in [3.05, 3.63) is 132 Å². The topological polar surface area (TPSA) is 97.8 Å². The number of nitrogens with one attached hydrogen (secondary N) is 2. The summed E-state index contributed by atoms with van der Waals surface area (Å²) >= 11 is 0. The summed E-state index contributed by atoms with van der Waals surface area (Å²) in [6.07, 6.45) is 8.06. The Kier molecular flexibility index (Phi) is 5.98. The van der Waals surface area contributed by atoms with Gasteiger partial charge in [-0.2, -0.15) is 0 Å². The van der Waals surface area contributed by atoms with Gasteiger partial charge in [-0.1, -0.05) is 54.6 Å². The molecule has 0 radical (unpaired) electrons. The summed E-state index contributed by atoms with van der Waals surface area (Å²) in [4.78, 5) is 17.4. The minimum Gasteiger partial charge on any atom is -0.508 e. The van der Waals surface area contributed by atoms with Crippen molar-refractivity contribution in [2.24, 2.45) is 0 Å². The third-order valence-electron chi connectivity index (χ3n) is 7.91. The monoisotopic (exact) mass is 570 g/mol. The molecule has 2 aliphatic rings. The zero-order valence-electron chi connectivity index (χ0n) is 23.5. The van der Waals surface area contributed by atoms with Gasteiger partial charge in [0.25, 0.3) is 0 Å². The van der Waals surface area contributed by atoms with Crippen LogP contribution in [-0.4, -0.2) is 30.1 Å². The molecule has 8 rings (SSSR count). The Morgan fingerprint density at radius 3 is 1.59 bits per heavy atom. The number of H-pyrrole nitrogens is 2. The van der Waals surface area contributed by atoms with Crippen LogP contribution in [0.1, 0.15) is 22.8 Å². The molecule has 3 aromatic heterocycles. The van der Waals surface area contributed by atoms with Crippen molar-refractivity contribution in [3.8, 4) is 44.9 Å². The molecular formula is C38H26N4O2. The van der Waals surface area contributed by atoms with Gasteiger partial charge in [0.15, 0.2) is 0 Å². The molecule has 6 heteroatoms. The van der Waals surface area contributed by atoms with Gasteiger partial charge in [-0.05, 0) is 95.6 Å². The Bertz CT molecular complexity index is 2310. The van der Waals surface area contributed by atoms with E-state index < -0.39 is 0 Å². The van der Waals surface area contributed by atoms with Crippen LogP contribution in [0.4, 0.5) is 0 Å². The van der Waals surface area contributed by atoms with Crippen LogP contribution in [0.3, 0.4) is 0 Å². The van der Waals surface area contributed by atoms with E-state index in [2.05, 4.69) is 34.2 Å². The second kappa shape index (κ2) is 10.3. The standard InChI is InChI=1S/C38H26N4O2/c43-28-10-4-8-24(20-28)37-31-15-13-27(40-31)22-26-12-14-30(39-26)36(23-6-2-1-3-7-23)32-16-17-34(41-32)38(35-19-18-33(37)42-35)25-9-5-11-29(44)21-25/h1-22,40-41,43-44H. The third-order valence-corrected chi connectivity index (χ3v) is 7.91. The van der Waals surface area contributed by atoms with Gasteiger partial charge >= 0.3 is 0 Å². The second-order valence-electron chi connectivity index (χ2n) is 10.8. The van der Waals surface area contributed by atoms with Crippen LogP contribution in [0.5, 0.6) is 11.5 Å². The van der Waals surface area contributed by atoms with Crippen molar-refractivity contribution in [1.82, 2.24) is 19.9 Å². The highest BCUT2D eigenvalue weighted by Crippen LogP contribution is 2.37. The van der Waals surface area contributed by atoms with Gasteiger partial charge in [0.1, 0.15) is 11.5 Å². The molecule has 0 fully saturated rings. The average molecular weight is 571 g/mol. The van der Waals surface area contributed by atoms with Crippen LogP contribution in [0.2, 0.25) is 0 Å². The summed E-state index contributed by atoms with van der Waals surface area (Å²) in [5.74, 6) is 0.352. The SMILES string of the molecule is Oc1cccc(-c2c3nc(c(-c4cccc(O)c4)c4ccc([nH]4)c(-c4ccccc4)c4nc(cc5ccc2[nH]5)C=C4)C=C3)c1. The molecule has 0 aliphatic carbocycles. The van der Waals surface area contributed by atoms with E-state index in [4.69, 9.17) is 9.97 Å². The van der Waals surface area contributed by atoms with Crippen LogP contribution < -0.4 is 0 Å². The molecule has 2 aliphatic heterocycles. The number of rotatable bonds is 3. The lowest BCUT2D eigenvalue weighted by molar-refractivity contribution is 0.475. The molecule has 6 aromatic rings. The first-order chi connectivity index (χ1) is 21.6. The molecule has 8 bridgehead atoms. The molecule has 4 N–H and O–H groups in total. The van der Waals surface area contributed by atoms with E-state index in [1.165, 1.54) is 0 Å². The highest BCUT2D eigenvalue weighted by Gasteiger charge is 2.17. The molecular weight excluding hydrogens is 544 g/mol. The van der Waals surface area contributed by atoms with Gasteiger partial charge in [-0.3, -0.25) is 0 Å². The van der Waals surface area contributed by atoms with Gasteiger partial charge in [0.2, 0.25) is 0 Å². The highest BCUT2D eigenvalue weighted by atomic mass is 16.3. The summed E-state index contributed by atoms with van der Waals surface area (Å²) in [6, 6.07) is 34.9. The van der Waals surface area contributed by atoms with Gasteiger partial charge in [-0.25, -0.2) is 9.97 Å². The van der Waals surface area contributed by atoms with Crippen LogP contribution in [0.25, 0.3) is 79.8 Å². The lowest BCUT2D eigenvalue weighted by atomic mass is 10.0. The molecule has 210 valence electrons. The molecule has 0 saturated carbocycles. The smallest absolute Gasteiger partial charge is 0.116 e. The number of aromatic hydroxyl groups is 2. The Morgan fingerprint density at radius 1 is 0.432 bits per heavy atom. The van der Waals surface area contributed by atoms with Crippen molar-refractivity contribution < 1.29 is 10.2 Å². The molecule has 0 amide bonds. The van der Waals surface area contributed by atoms with E-state index in [1.807, 2.05) is 85.0 Å². The fourth-order valence-electron chi connectivity index (χ4n) is 5.98. The van der Waals surface area contributed by atoms with Crippen LogP contribution in [0.15, 0.2) is 109 Å². The van der Waals surface area contributed by atoms with Crippen molar-refractivity contribution in [2.45, 2.75) is 0 Å². The highest BCUT2D eigenvalue weighted by molar-refractivity contribution is 5.97. The fourth-order valence-corrected chi connectivity index (χ4v) is 5.98. The molecule has 5 heterocycles. The number of hydrogen-bond donors (Lipinski definition) is 4. The maximum absolute atomic E-state index is 10.5. The zero-order valence-corrected chi connectivity index (χ0v) is 23.5. The predicted octanol–water partition coefficient (Wildman–Crippen LogP) is 9.07. The minimum atomic E-state index is 0.174. The number of phenols is 2. The number of hydrogen-bond acceptors (Lipinski definition) is 4. The van der Waals surface area contributed by atoms with Crippen molar-refractivity contribution in [3.63, 3.8) is 0 Å². The normalized spacial score (nSPS) is 12.1. The largest absolute Gasteiger partial charge is 0.508 e. The molecule has 0 saturated heterocycles. The number of nitrogens with zero attached hydrogens (tertiary/aromatic N) is 2. The van der Waals surface area contributed by atoms with E-state index >= 15 is 0 Å². The average Bonchev–Trinajstić information content (AvgIpc) is 3.85. The Hall–Kier alpha value is -6.14. The van der Waals surface area contributed by atoms with Crippen molar-refractivity contribution in [2.75, 3.05) is 0 Å². The lowest BCUT2D eigenvalue weighted by Crippen LogP contribution is -1.88. The number of benzene rings is 3. The Labute approximate surface area is 253 Å². The van der Waals surface area contributed by atoms with E-state index in [1.54, 1.807) is 24.3 Å². The van der Waals surface area contributed by atoms with Crippen LogP contribution in [0, 0.1) is 0 Å². The zero-order chi connectivity index (χ0) is 29.6. The number of aromatic amines is 2. The molecule has 0 atom stereocenters. The summed E-state index contributed by atoms with van der Waals surface area (Å²) in [5, 5.41) is 20.8. The number of fused-ring (bicyclic) bond motifs is 8. The lowest BCUT2D eigenvalue weighted by Gasteiger charge is -2.06. The van der Waals surface area contributed by atoms with Crippen molar-refractivity contribution in [1.29, 1.82) is 0 Å². The summed E-state index contributed by atoms with van der Waals surface area (Å²) in [6.45, 7) is 0. The van der Waals surface area contributed by atoms with E-state index in [0.717, 1.165) is 78.2 Å². The number of phenolic OH excluding ortho intramolecular Hbond substituents is 2. The first-order valence-corrected chi connectivity index (χ1v) is 14.4. The first kappa shape index (κ1) is 25.6. The Balaban J connectivity index is 1.55. The molecule has 3 aromatic carbocycles. The molecule has 0 spiro atoms. The van der Waals surface area contributed by atoms with Crippen molar-refractivity contribution >= 4 is 46.4 Å². The third kappa shape index (κ3) is 4.55. The molecule has 6 nitrogen and oxygen atoms in total. The molecule has 44 heavy (non-hydrogen) atoms. The van der Waals surface area contributed by atoms with Gasteiger partial charge < -0.3 is 20.2 Å². The predicted molar refractivity (Wildman–Crippen MR) is 178 cm³/mol. The van der Waals surface area contributed by atoms with E-state index in [0.29, 0.717) is 0 Å². The summed E-state index contributed by atoms with van der Waals surface area (Å²) in [5.41, 5.74) is 12.1. The van der Waals surface area contributed by atoms with Crippen LogP contribution >= 0.6 is 0 Å². The summed E-state index contributed by atoms with van der Waals surface area (Å²) in [7, 11) is 0. The second-order valence-corrected chi connectivity index (χ2v) is 10.8. The van der Waals surface area contributed by atoms with Gasteiger partial charge in [0.05, 0.1) is 22.8 Å². The van der Waals surface area contributed by atoms with Gasteiger partial charge in [0, 0.05) is 38.8 Å². The maximum atomic E-state index is 10.5. The Morgan fingerprint density at radius 2 is 0.955 bits per heavy atom. The first-order valence-electron chi connectivity index (χ1n) is 14.4. The quantitative estimate of drug-likeness (QED) is 0.170. The fraction of sp³-hybridized carbons (Fsp3) is 0. The number of aromatic nitrogens is 4. The van der Waals surface area contributed by atoms with E-state index in [-0.39, 0.29) is 11.5 Å². The van der Waals surface area contributed by atoms with E-state index in [9.17, 15) is 10.2 Å². The van der Waals surface area contributed by atoms with Crippen LogP contribution in [-0.2, 0) is 0 Å². The maximum Gasteiger partial charge on any atom is 0.116 e.